The Balaban J connectivity index is 1.27. The molecule has 4 aromatic rings. The van der Waals surface area contributed by atoms with Crippen LogP contribution in [0.3, 0.4) is 0 Å². The lowest BCUT2D eigenvalue weighted by Gasteiger charge is -2.34. The van der Waals surface area contributed by atoms with Crippen molar-refractivity contribution in [2.24, 2.45) is 15.4 Å². The van der Waals surface area contributed by atoms with E-state index in [9.17, 15) is 0 Å². The topological polar surface area (TPSA) is 43.2 Å². The lowest BCUT2D eigenvalue weighted by Crippen LogP contribution is -2.45. The van der Waals surface area contributed by atoms with Crippen molar-refractivity contribution in [1.29, 1.82) is 0 Å². The van der Waals surface area contributed by atoms with E-state index in [0.717, 1.165) is 24.6 Å². The van der Waals surface area contributed by atoms with Crippen LogP contribution in [0, 0.1) is 5.41 Å². The van der Waals surface area contributed by atoms with Crippen LogP contribution in [-0.4, -0.2) is 24.0 Å². The van der Waals surface area contributed by atoms with E-state index >= 15 is 0 Å². The Morgan fingerprint density at radius 3 is 1.30 bits per heavy atom. The molecule has 4 aromatic carbocycles. The van der Waals surface area contributed by atoms with Crippen LogP contribution in [0.5, 0.6) is 0 Å². The largest absolute Gasteiger partial charge is 0.474 e. The summed E-state index contributed by atoms with van der Waals surface area (Å²) in [6.45, 7) is 13.6. The summed E-state index contributed by atoms with van der Waals surface area (Å²) in [5, 5.41) is 0. The minimum Gasteiger partial charge on any atom is -0.474 e. The molecule has 2 heterocycles. The number of ether oxygens (including phenoxy) is 2. The molecule has 4 atom stereocenters. The quantitative estimate of drug-likeness (QED) is 0.215. The van der Waals surface area contributed by atoms with Crippen molar-refractivity contribution in [3.05, 3.63) is 142 Å². The summed E-state index contributed by atoms with van der Waals surface area (Å²) >= 11 is 0. The Morgan fingerprint density at radius 1 is 0.532 bits per heavy atom. The molecule has 4 unspecified atom stereocenters. The summed E-state index contributed by atoms with van der Waals surface area (Å²) in [6.07, 6.45) is 3.12. The second kappa shape index (κ2) is 10.9. The smallest absolute Gasteiger partial charge is 0.201 e. The highest BCUT2D eigenvalue weighted by molar-refractivity contribution is 6.07. The van der Waals surface area contributed by atoms with Gasteiger partial charge in [-0.1, -0.05) is 139 Å². The van der Waals surface area contributed by atoms with Crippen LogP contribution in [0.2, 0.25) is 0 Å². The minimum atomic E-state index is -0.689. The van der Waals surface area contributed by atoms with Gasteiger partial charge >= 0.3 is 0 Å². The van der Waals surface area contributed by atoms with Gasteiger partial charge in [-0.15, -0.1) is 0 Å². The van der Waals surface area contributed by atoms with Crippen LogP contribution in [-0.2, 0) is 46.0 Å². The zero-order valence-electron chi connectivity index (χ0n) is 28.6. The molecule has 47 heavy (non-hydrogen) atoms. The average Bonchev–Trinajstić information content (AvgIpc) is 3.80. The molecular weight excluding hydrogens is 576 g/mol. The van der Waals surface area contributed by atoms with Crippen molar-refractivity contribution in [2.75, 3.05) is 0 Å². The molecule has 0 spiro atoms. The zero-order valence-corrected chi connectivity index (χ0v) is 28.6. The van der Waals surface area contributed by atoms with Crippen LogP contribution in [0.25, 0.3) is 0 Å². The highest BCUT2D eigenvalue weighted by Crippen LogP contribution is 2.49. The number of hydrogen-bond acceptors (Lipinski definition) is 4. The van der Waals surface area contributed by atoms with Gasteiger partial charge in [0.05, 0.1) is 0 Å². The molecule has 4 nitrogen and oxygen atoms in total. The summed E-state index contributed by atoms with van der Waals surface area (Å²) < 4.78 is 14.1. The first-order valence-electron chi connectivity index (χ1n) is 17.3. The third kappa shape index (κ3) is 5.30. The minimum absolute atomic E-state index is 0.00413. The van der Waals surface area contributed by atoms with Gasteiger partial charge in [-0.05, 0) is 68.2 Å². The number of benzene rings is 4. The van der Waals surface area contributed by atoms with Crippen molar-refractivity contribution in [2.45, 2.75) is 102 Å². The summed E-state index contributed by atoms with van der Waals surface area (Å²) in [4.78, 5) is 11.0. The van der Waals surface area contributed by atoms with Crippen LogP contribution in [0.15, 0.2) is 107 Å². The first kappa shape index (κ1) is 30.2. The Kier molecular flexibility index (Phi) is 7.02. The predicted octanol–water partition coefficient (Wildman–Crippen LogP) is 9.24. The molecule has 240 valence electrons. The molecule has 0 N–H and O–H groups in total. The van der Waals surface area contributed by atoms with Crippen LogP contribution >= 0.6 is 0 Å². The van der Waals surface area contributed by atoms with E-state index in [2.05, 4.69) is 139 Å². The Bertz CT molecular complexity index is 1730. The van der Waals surface area contributed by atoms with E-state index in [-0.39, 0.29) is 35.1 Å². The third-order valence-electron chi connectivity index (χ3n) is 10.8. The Hall–Kier alpha value is -4.18. The highest BCUT2D eigenvalue weighted by Gasteiger charge is 2.54. The van der Waals surface area contributed by atoms with Gasteiger partial charge in [0.25, 0.3) is 0 Å². The van der Waals surface area contributed by atoms with Crippen LogP contribution < -0.4 is 0 Å². The molecule has 2 aliphatic carbocycles. The molecule has 0 saturated carbocycles. The number of nitrogens with zero attached hydrogens (tertiary/aromatic N) is 2. The predicted molar refractivity (Wildman–Crippen MR) is 191 cm³/mol. The van der Waals surface area contributed by atoms with Gasteiger partial charge in [-0.25, -0.2) is 9.98 Å². The lowest BCUT2D eigenvalue weighted by molar-refractivity contribution is 0.162. The van der Waals surface area contributed by atoms with Gasteiger partial charge in [0, 0.05) is 12.8 Å². The monoisotopic (exact) mass is 622 g/mol. The van der Waals surface area contributed by atoms with E-state index in [1.807, 2.05) is 0 Å². The summed E-state index contributed by atoms with van der Waals surface area (Å²) in [7, 11) is 0. The van der Waals surface area contributed by atoms with Crippen molar-refractivity contribution in [1.82, 2.24) is 0 Å². The Labute approximate surface area is 280 Å². The van der Waals surface area contributed by atoms with Gasteiger partial charge in [0.1, 0.15) is 29.7 Å². The maximum absolute atomic E-state index is 7.03. The summed E-state index contributed by atoms with van der Waals surface area (Å²) in [5.41, 5.74) is 9.83. The van der Waals surface area contributed by atoms with Crippen molar-refractivity contribution in [3.63, 3.8) is 0 Å². The summed E-state index contributed by atoms with van der Waals surface area (Å²) in [6, 6.07) is 35.6. The fourth-order valence-electron chi connectivity index (χ4n) is 8.06. The number of fused-ring (bicyclic) bond motifs is 6. The van der Waals surface area contributed by atoms with Gasteiger partial charge in [-0.3, -0.25) is 0 Å². The van der Waals surface area contributed by atoms with Crippen molar-refractivity contribution in [3.8, 4) is 0 Å². The Morgan fingerprint density at radius 2 is 0.915 bits per heavy atom. The maximum atomic E-state index is 7.03. The van der Waals surface area contributed by atoms with Gasteiger partial charge in [0.2, 0.25) is 11.8 Å². The fourth-order valence-corrected chi connectivity index (χ4v) is 8.06. The summed E-state index contributed by atoms with van der Waals surface area (Å²) in [5.74, 6) is 1.54. The first-order chi connectivity index (χ1) is 22.5. The van der Waals surface area contributed by atoms with E-state index in [0.29, 0.717) is 12.8 Å². The zero-order chi connectivity index (χ0) is 32.6. The van der Waals surface area contributed by atoms with E-state index in [1.165, 1.54) is 44.5 Å². The molecule has 4 aliphatic rings. The van der Waals surface area contributed by atoms with E-state index < -0.39 is 5.41 Å². The number of hydrogen-bond donors (Lipinski definition) is 0. The second-order valence-corrected chi connectivity index (χ2v) is 16.2. The normalized spacial score (nSPS) is 22.9. The molecule has 0 amide bonds. The molecule has 0 radical (unpaired) electrons. The second-order valence-electron chi connectivity index (χ2n) is 16.2. The number of aliphatic imine (C=N–C) groups is 2. The lowest BCUT2D eigenvalue weighted by atomic mass is 9.74. The third-order valence-corrected chi connectivity index (χ3v) is 10.8. The fraction of sp³-hybridized carbons (Fsp3) is 0.395. The molecule has 2 aliphatic heterocycles. The van der Waals surface area contributed by atoms with Gasteiger partial charge in [-0.2, -0.15) is 0 Å². The standard InChI is InChI=1S/C43H46N2O2/c1-41(2,3)31-19-15-27(16-20-31)25-43(26-28-17-21-32(22-18-28)42(4,5)6,39-44-37-33-13-9-7-11-29(33)23-35(37)46-39)40-45-38-34-14-10-8-12-30(34)24-36(38)47-40/h7-22,35-38H,23-26H2,1-6H3. The van der Waals surface area contributed by atoms with Gasteiger partial charge in [0.15, 0.2) is 0 Å². The van der Waals surface area contributed by atoms with Crippen molar-refractivity contribution < 1.29 is 9.47 Å². The van der Waals surface area contributed by atoms with Gasteiger partial charge < -0.3 is 9.47 Å². The molecular formula is C43H46N2O2. The number of rotatable bonds is 6. The first-order valence-corrected chi connectivity index (χ1v) is 17.3. The molecule has 8 rings (SSSR count). The molecule has 0 fully saturated rings. The molecule has 0 aromatic heterocycles. The maximum Gasteiger partial charge on any atom is 0.201 e. The molecule has 0 saturated heterocycles. The van der Waals surface area contributed by atoms with E-state index in [1.54, 1.807) is 0 Å². The highest BCUT2D eigenvalue weighted by atomic mass is 16.5. The van der Waals surface area contributed by atoms with Crippen molar-refractivity contribution >= 4 is 11.8 Å². The molecule has 4 heteroatoms. The molecule has 0 bridgehead atoms. The van der Waals surface area contributed by atoms with Crippen LogP contribution in [0.4, 0.5) is 0 Å². The SMILES string of the molecule is CC(C)(C)c1ccc(CC(Cc2ccc(C(C)(C)C)cc2)(C2=NC3c4ccccc4CC3O2)C2=NC3c4ccccc4CC3O2)cc1. The average molecular weight is 623 g/mol. The van der Waals surface area contributed by atoms with E-state index in [4.69, 9.17) is 19.5 Å². The van der Waals surface area contributed by atoms with Crippen LogP contribution in [0.1, 0.15) is 98.1 Å².